The van der Waals surface area contributed by atoms with E-state index in [0.717, 1.165) is 13.1 Å². The van der Waals surface area contributed by atoms with Gasteiger partial charge in [0.25, 0.3) is 0 Å². The molecule has 0 amide bonds. The number of nitrogens with zero attached hydrogens (tertiary/aromatic N) is 1. The first-order chi connectivity index (χ1) is 8.99. The van der Waals surface area contributed by atoms with Gasteiger partial charge < -0.3 is 10.2 Å². The molecule has 19 heavy (non-hydrogen) atoms. The maximum Gasteiger partial charge on any atom is 0.0438 e. The van der Waals surface area contributed by atoms with Gasteiger partial charge in [0, 0.05) is 30.9 Å². The normalized spacial score (nSPS) is 24.3. The molecule has 1 N–H and O–H groups in total. The van der Waals surface area contributed by atoms with Crippen LogP contribution < -0.4 is 10.2 Å². The van der Waals surface area contributed by atoms with Gasteiger partial charge in [0.15, 0.2) is 0 Å². The lowest BCUT2D eigenvalue weighted by Crippen LogP contribution is -2.57. The van der Waals surface area contributed by atoms with Crippen LogP contribution in [0.1, 0.15) is 46.1 Å². The number of hydrogen-bond acceptors (Lipinski definition) is 2. The topological polar surface area (TPSA) is 15.3 Å². The Labute approximate surface area is 118 Å². The molecule has 0 radical (unpaired) electrons. The zero-order valence-electron chi connectivity index (χ0n) is 13.0. The molecule has 1 aromatic carbocycles. The van der Waals surface area contributed by atoms with E-state index in [0.29, 0.717) is 23.9 Å². The van der Waals surface area contributed by atoms with Crippen LogP contribution >= 0.6 is 0 Å². The molecule has 0 spiro atoms. The molecule has 0 saturated carbocycles. The first kappa shape index (κ1) is 14.4. The highest BCUT2D eigenvalue weighted by Crippen LogP contribution is 2.26. The molecule has 2 atom stereocenters. The number of hydrogen-bond donors (Lipinski definition) is 1. The fourth-order valence-corrected chi connectivity index (χ4v) is 2.88. The van der Waals surface area contributed by atoms with Crippen molar-refractivity contribution in [2.45, 2.75) is 52.6 Å². The van der Waals surface area contributed by atoms with Crippen molar-refractivity contribution in [3.8, 4) is 0 Å². The summed E-state index contributed by atoms with van der Waals surface area (Å²) in [6.07, 6.45) is 0. The van der Waals surface area contributed by atoms with Crippen molar-refractivity contribution < 1.29 is 0 Å². The summed E-state index contributed by atoms with van der Waals surface area (Å²) in [4.78, 5) is 2.59. The predicted molar refractivity (Wildman–Crippen MR) is 84.0 cm³/mol. The smallest absolute Gasteiger partial charge is 0.0438 e. The van der Waals surface area contributed by atoms with Gasteiger partial charge in [-0.15, -0.1) is 0 Å². The summed E-state index contributed by atoms with van der Waals surface area (Å²) in [5, 5.41) is 3.61. The van der Waals surface area contributed by atoms with Crippen LogP contribution in [-0.4, -0.2) is 25.2 Å². The van der Waals surface area contributed by atoms with E-state index in [2.05, 4.69) is 69.1 Å². The molecule has 106 valence electrons. The van der Waals surface area contributed by atoms with E-state index < -0.39 is 0 Å². The zero-order chi connectivity index (χ0) is 14.0. The molecular formula is C17H28N2. The molecule has 1 fully saturated rings. The van der Waals surface area contributed by atoms with Crippen molar-refractivity contribution in [2.24, 2.45) is 5.92 Å². The highest BCUT2D eigenvalue weighted by molar-refractivity contribution is 5.51. The second kappa shape index (κ2) is 5.96. The van der Waals surface area contributed by atoms with E-state index in [-0.39, 0.29) is 0 Å². The Balaban J connectivity index is 2.28. The summed E-state index contributed by atoms with van der Waals surface area (Å²) in [5.74, 6) is 1.26. The van der Waals surface area contributed by atoms with Gasteiger partial charge in [-0.05, 0) is 36.5 Å². The Kier molecular flexibility index (Phi) is 4.51. The quantitative estimate of drug-likeness (QED) is 0.892. The molecular weight excluding hydrogens is 232 g/mol. The lowest BCUT2D eigenvalue weighted by atomic mass is 9.96. The van der Waals surface area contributed by atoms with Crippen LogP contribution in [0.3, 0.4) is 0 Å². The minimum absolute atomic E-state index is 0.567. The summed E-state index contributed by atoms with van der Waals surface area (Å²) < 4.78 is 0. The lowest BCUT2D eigenvalue weighted by molar-refractivity contribution is 0.349. The third kappa shape index (κ3) is 3.30. The third-order valence-electron chi connectivity index (χ3n) is 4.18. The Morgan fingerprint density at radius 1 is 1.21 bits per heavy atom. The van der Waals surface area contributed by atoms with Gasteiger partial charge in [-0.2, -0.15) is 0 Å². The second-order valence-corrected chi connectivity index (χ2v) is 6.52. The molecule has 1 saturated heterocycles. The van der Waals surface area contributed by atoms with Crippen molar-refractivity contribution in [2.75, 3.05) is 18.0 Å². The Bertz CT molecular complexity index is 411. The van der Waals surface area contributed by atoms with Crippen LogP contribution in [0.15, 0.2) is 24.3 Å². The number of nitrogens with one attached hydrogen (secondary N) is 1. The Hall–Kier alpha value is -1.02. The molecule has 2 unspecified atom stereocenters. The fourth-order valence-electron chi connectivity index (χ4n) is 2.88. The standard InChI is InChI=1S/C17H28N2/c1-12(2)15-7-6-8-16(9-15)19-11-14(5)18-10-17(19)13(3)4/h6-9,12-14,17-18H,10-11H2,1-5H3. The molecule has 2 nitrogen and oxygen atoms in total. The fraction of sp³-hybridized carbons (Fsp3) is 0.647. The third-order valence-corrected chi connectivity index (χ3v) is 4.18. The summed E-state index contributed by atoms with van der Waals surface area (Å²) in [5.41, 5.74) is 2.82. The largest absolute Gasteiger partial charge is 0.365 e. The van der Waals surface area contributed by atoms with E-state index in [1.165, 1.54) is 11.3 Å². The predicted octanol–water partition coefficient (Wildman–Crippen LogP) is 3.63. The molecule has 1 heterocycles. The van der Waals surface area contributed by atoms with E-state index >= 15 is 0 Å². The first-order valence-electron chi connectivity index (χ1n) is 7.59. The van der Waals surface area contributed by atoms with Crippen LogP contribution in [0, 0.1) is 5.92 Å². The van der Waals surface area contributed by atoms with Gasteiger partial charge in [-0.1, -0.05) is 39.8 Å². The van der Waals surface area contributed by atoms with Gasteiger partial charge in [0.2, 0.25) is 0 Å². The van der Waals surface area contributed by atoms with Crippen molar-refractivity contribution in [1.29, 1.82) is 0 Å². The van der Waals surface area contributed by atoms with Gasteiger partial charge in [0.1, 0.15) is 0 Å². The van der Waals surface area contributed by atoms with Crippen LogP contribution in [-0.2, 0) is 0 Å². The minimum atomic E-state index is 0.567. The van der Waals surface area contributed by atoms with Crippen LogP contribution in [0.5, 0.6) is 0 Å². The van der Waals surface area contributed by atoms with Crippen LogP contribution in [0.2, 0.25) is 0 Å². The monoisotopic (exact) mass is 260 g/mol. The Morgan fingerprint density at radius 2 is 1.95 bits per heavy atom. The summed E-state index contributed by atoms with van der Waals surface area (Å²) in [6, 6.07) is 10.2. The second-order valence-electron chi connectivity index (χ2n) is 6.52. The van der Waals surface area contributed by atoms with Crippen molar-refractivity contribution >= 4 is 5.69 Å². The first-order valence-corrected chi connectivity index (χ1v) is 7.59. The maximum atomic E-state index is 3.61. The van der Waals surface area contributed by atoms with E-state index in [1.54, 1.807) is 0 Å². The van der Waals surface area contributed by atoms with E-state index in [4.69, 9.17) is 0 Å². The molecule has 0 aromatic heterocycles. The van der Waals surface area contributed by atoms with Gasteiger partial charge >= 0.3 is 0 Å². The molecule has 1 aromatic rings. The van der Waals surface area contributed by atoms with Crippen molar-refractivity contribution in [3.05, 3.63) is 29.8 Å². The Morgan fingerprint density at radius 3 is 2.58 bits per heavy atom. The van der Waals surface area contributed by atoms with E-state index in [9.17, 15) is 0 Å². The van der Waals surface area contributed by atoms with Crippen LogP contribution in [0.25, 0.3) is 0 Å². The molecule has 1 aliphatic rings. The average Bonchev–Trinajstić information content (AvgIpc) is 2.38. The van der Waals surface area contributed by atoms with Gasteiger partial charge in [0.05, 0.1) is 0 Å². The highest BCUT2D eigenvalue weighted by atomic mass is 15.2. The average molecular weight is 260 g/mol. The van der Waals surface area contributed by atoms with Crippen molar-refractivity contribution in [3.63, 3.8) is 0 Å². The summed E-state index contributed by atoms with van der Waals surface area (Å²) in [6.45, 7) is 13.6. The van der Waals surface area contributed by atoms with E-state index in [1.807, 2.05) is 0 Å². The van der Waals surface area contributed by atoms with Crippen molar-refractivity contribution in [1.82, 2.24) is 5.32 Å². The maximum absolute atomic E-state index is 3.61. The summed E-state index contributed by atoms with van der Waals surface area (Å²) >= 11 is 0. The number of rotatable bonds is 3. The summed E-state index contributed by atoms with van der Waals surface area (Å²) in [7, 11) is 0. The number of benzene rings is 1. The molecule has 2 rings (SSSR count). The SMILES string of the molecule is CC1CN(c2cccc(C(C)C)c2)C(C(C)C)CN1. The molecule has 0 bridgehead atoms. The molecule has 2 heteroatoms. The van der Waals surface area contributed by atoms with Gasteiger partial charge in [-0.25, -0.2) is 0 Å². The number of piperazine rings is 1. The zero-order valence-corrected chi connectivity index (χ0v) is 13.0. The molecule has 0 aliphatic carbocycles. The lowest BCUT2D eigenvalue weighted by Gasteiger charge is -2.43. The number of anilines is 1. The molecule has 1 aliphatic heterocycles. The van der Waals surface area contributed by atoms with Crippen LogP contribution in [0.4, 0.5) is 5.69 Å². The highest BCUT2D eigenvalue weighted by Gasteiger charge is 2.28. The van der Waals surface area contributed by atoms with Gasteiger partial charge in [-0.3, -0.25) is 0 Å². The minimum Gasteiger partial charge on any atom is -0.365 e.